The van der Waals surface area contributed by atoms with Crippen molar-refractivity contribution in [3.8, 4) is 17.1 Å². The molecule has 0 saturated carbocycles. The maximum absolute atomic E-state index is 12.3. The van der Waals surface area contributed by atoms with Gasteiger partial charge >= 0.3 is 0 Å². The van der Waals surface area contributed by atoms with Crippen LogP contribution < -0.4 is 10.1 Å². The Morgan fingerprint density at radius 2 is 1.96 bits per heavy atom. The Labute approximate surface area is 166 Å². The Bertz CT molecular complexity index is 780. The van der Waals surface area contributed by atoms with Gasteiger partial charge in [0.25, 0.3) is 0 Å². The summed E-state index contributed by atoms with van der Waals surface area (Å²) >= 11 is 5.33. The minimum absolute atomic E-state index is 0.0378. The lowest BCUT2D eigenvalue weighted by Crippen LogP contribution is -2.33. The average molecular weight is 391 g/mol. The number of ether oxygens (including phenoxy) is 1. The van der Waals surface area contributed by atoms with Crippen molar-refractivity contribution in [1.82, 2.24) is 20.1 Å². The molecule has 1 aromatic carbocycles. The highest BCUT2D eigenvalue weighted by molar-refractivity contribution is 7.71. The molecule has 0 radical (unpaired) electrons. The van der Waals surface area contributed by atoms with E-state index in [2.05, 4.69) is 36.3 Å². The van der Waals surface area contributed by atoms with Gasteiger partial charge in [-0.2, -0.15) is 5.10 Å². The Kier molecular flexibility index (Phi) is 8.03. The number of methoxy groups -OCH3 is 1. The van der Waals surface area contributed by atoms with E-state index in [4.69, 9.17) is 17.0 Å². The number of rotatable bonds is 10. The molecule has 0 aliphatic carbocycles. The monoisotopic (exact) mass is 390 g/mol. The predicted molar refractivity (Wildman–Crippen MR) is 110 cm³/mol. The smallest absolute Gasteiger partial charge is 0.222 e. The van der Waals surface area contributed by atoms with E-state index in [-0.39, 0.29) is 11.9 Å². The van der Waals surface area contributed by atoms with E-state index in [9.17, 15) is 4.79 Å². The average Bonchev–Trinajstić information content (AvgIpc) is 3.00. The molecule has 1 atom stereocenters. The van der Waals surface area contributed by atoms with Crippen molar-refractivity contribution in [2.45, 2.75) is 59.0 Å². The third kappa shape index (κ3) is 6.50. The summed E-state index contributed by atoms with van der Waals surface area (Å²) in [5.74, 6) is 2.24. The molecule has 0 bridgehead atoms. The number of carbonyl (C=O) groups is 1. The summed E-state index contributed by atoms with van der Waals surface area (Å²) in [5.41, 5.74) is 0.922. The number of hydrogen-bond acceptors (Lipinski definition) is 4. The second-order valence-corrected chi connectivity index (χ2v) is 7.66. The first kappa shape index (κ1) is 21.2. The normalized spacial score (nSPS) is 12.2. The van der Waals surface area contributed by atoms with E-state index in [0.29, 0.717) is 23.7 Å². The van der Waals surface area contributed by atoms with Crippen molar-refractivity contribution in [2.24, 2.45) is 5.92 Å². The number of benzene rings is 1. The maximum atomic E-state index is 12.3. The molecular formula is C20H30N4O2S. The molecule has 0 aliphatic rings. The van der Waals surface area contributed by atoms with Crippen LogP contribution in [0.3, 0.4) is 0 Å². The van der Waals surface area contributed by atoms with E-state index in [1.807, 2.05) is 28.8 Å². The van der Waals surface area contributed by atoms with Crippen LogP contribution in [-0.4, -0.2) is 33.8 Å². The molecule has 1 heterocycles. The molecule has 1 aromatic heterocycles. The number of hydrogen-bond donors (Lipinski definition) is 2. The molecule has 27 heavy (non-hydrogen) atoms. The number of nitrogens with one attached hydrogen (secondary N) is 2. The fraction of sp³-hybridized carbons (Fsp3) is 0.550. The summed E-state index contributed by atoms with van der Waals surface area (Å²) in [6, 6.07) is 7.80. The second-order valence-electron chi connectivity index (χ2n) is 7.28. The molecule has 1 amide bonds. The van der Waals surface area contributed by atoms with Gasteiger partial charge < -0.3 is 10.1 Å². The zero-order valence-corrected chi connectivity index (χ0v) is 17.4. The molecule has 0 spiro atoms. The number of H-pyrrole nitrogens is 1. The first-order chi connectivity index (χ1) is 12.9. The number of amides is 1. The topological polar surface area (TPSA) is 71.9 Å². The summed E-state index contributed by atoms with van der Waals surface area (Å²) in [6.07, 6.45) is 3.70. The van der Waals surface area contributed by atoms with Crippen molar-refractivity contribution < 1.29 is 9.53 Å². The van der Waals surface area contributed by atoms with Crippen molar-refractivity contribution in [1.29, 1.82) is 0 Å². The highest BCUT2D eigenvalue weighted by atomic mass is 32.1. The Morgan fingerprint density at radius 1 is 1.26 bits per heavy atom. The molecule has 2 N–H and O–H groups in total. The highest BCUT2D eigenvalue weighted by Gasteiger charge is 2.12. The number of carbonyl (C=O) groups excluding carboxylic acids is 1. The van der Waals surface area contributed by atoms with Crippen molar-refractivity contribution in [2.75, 3.05) is 7.11 Å². The van der Waals surface area contributed by atoms with Crippen LogP contribution in [0.5, 0.6) is 5.75 Å². The third-order valence-corrected chi connectivity index (χ3v) is 4.81. The molecule has 0 aliphatic heterocycles. The van der Waals surface area contributed by atoms with Gasteiger partial charge in [0.15, 0.2) is 10.6 Å². The number of nitrogens with zero attached hydrogens (tertiary/aromatic N) is 2. The molecular weight excluding hydrogens is 360 g/mol. The lowest BCUT2D eigenvalue weighted by atomic mass is 10.0. The van der Waals surface area contributed by atoms with Gasteiger partial charge in [0.1, 0.15) is 5.75 Å². The van der Waals surface area contributed by atoms with Gasteiger partial charge in [-0.1, -0.05) is 26.7 Å². The van der Waals surface area contributed by atoms with Gasteiger partial charge in [-0.3, -0.25) is 14.5 Å². The van der Waals surface area contributed by atoms with Crippen molar-refractivity contribution in [3.63, 3.8) is 0 Å². The van der Waals surface area contributed by atoms with Crippen LogP contribution in [0.15, 0.2) is 24.3 Å². The third-order valence-electron chi connectivity index (χ3n) is 4.49. The van der Waals surface area contributed by atoms with Crippen LogP contribution in [0.2, 0.25) is 0 Å². The van der Waals surface area contributed by atoms with Crippen LogP contribution in [0.4, 0.5) is 0 Å². The van der Waals surface area contributed by atoms with Gasteiger partial charge in [0.2, 0.25) is 5.91 Å². The SMILES string of the molecule is COc1ccc(-c2n[nH]c(=S)n2CCC(=O)NC(C)CCCC(C)C)cc1. The minimum Gasteiger partial charge on any atom is -0.497 e. The molecule has 7 heteroatoms. The Balaban J connectivity index is 1.92. The fourth-order valence-electron chi connectivity index (χ4n) is 2.95. The summed E-state index contributed by atoms with van der Waals surface area (Å²) in [6.45, 7) is 6.99. The molecule has 0 saturated heterocycles. The Morgan fingerprint density at radius 3 is 2.59 bits per heavy atom. The summed E-state index contributed by atoms with van der Waals surface area (Å²) < 4.78 is 7.56. The van der Waals surface area contributed by atoms with Crippen LogP contribution in [-0.2, 0) is 11.3 Å². The largest absolute Gasteiger partial charge is 0.497 e. The number of aromatic nitrogens is 3. The lowest BCUT2D eigenvalue weighted by Gasteiger charge is -2.15. The molecule has 0 fully saturated rings. The lowest BCUT2D eigenvalue weighted by molar-refractivity contribution is -0.121. The Hall–Kier alpha value is -2.15. The second kappa shape index (κ2) is 10.3. The minimum atomic E-state index is 0.0378. The summed E-state index contributed by atoms with van der Waals surface area (Å²) in [5, 5.41) is 10.2. The molecule has 148 valence electrons. The zero-order valence-electron chi connectivity index (χ0n) is 16.6. The molecule has 2 rings (SSSR count). The van der Waals surface area contributed by atoms with E-state index >= 15 is 0 Å². The number of aromatic amines is 1. The standard InChI is InChI=1S/C20H30N4O2S/c1-14(2)6-5-7-15(3)21-18(25)12-13-24-19(22-23-20(24)27)16-8-10-17(26-4)11-9-16/h8-11,14-15H,5-7,12-13H2,1-4H3,(H,21,25)(H,23,27). The fourth-order valence-corrected chi connectivity index (χ4v) is 3.17. The van der Waals surface area contributed by atoms with Crippen LogP contribution in [0, 0.1) is 10.7 Å². The van der Waals surface area contributed by atoms with E-state index < -0.39 is 0 Å². The van der Waals surface area contributed by atoms with Gasteiger partial charge in [-0.05, 0) is 55.7 Å². The van der Waals surface area contributed by atoms with Crippen LogP contribution in [0.25, 0.3) is 11.4 Å². The predicted octanol–water partition coefficient (Wildman–Crippen LogP) is 4.34. The van der Waals surface area contributed by atoms with Gasteiger partial charge in [0, 0.05) is 24.6 Å². The van der Waals surface area contributed by atoms with Crippen LogP contribution >= 0.6 is 12.2 Å². The van der Waals surface area contributed by atoms with Crippen LogP contribution in [0.1, 0.15) is 46.5 Å². The zero-order chi connectivity index (χ0) is 19.8. The molecule has 1 unspecified atom stereocenters. The summed E-state index contributed by atoms with van der Waals surface area (Å²) in [7, 11) is 1.63. The summed E-state index contributed by atoms with van der Waals surface area (Å²) in [4.78, 5) is 12.3. The van der Waals surface area contributed by atoms with E-state index in [0.717, 1.165) is 30.0 Å². The van der Waals surface area contributed by atoms with E-state index in [1.165, 1.54) is 6.42 Å². The van der Waals surface area contributed by atoms with Crippen molar-refractivity contribution in [3.05, 3.63) is 29.0 Å². The van der Waals surface area contributed by atoms with Gasteiger partial charge in [-0.15, -0.1) is 0 Å². The highest BCUT2D eigenvalue weighted by Crippen LogP contribution is 2.21. The molecule has 6 nitrogen and oxygen atoms in total. The molecule has 2 aromatic rings. The van der Waals surface area contributed by atoms with Gasteiger partial charge in [0.05, 0.1) is 7.11 Å². The van der Waals surface area contributed by atoms with E-state index in [1.54, 1.807) is 7.11 Å². The quantitative estimate of drug-likeness (QED) is 0.592. The first-order valence-corrected chi connectivity index (χ1v) is 9.90. The van der Waals surface area contributed by atoms with Gasteiger partial charge in [-0.25, -0.2) is 0 Å². The first-order valence-electron chi connectivity index (χ1n) is 9.49. The maximum Gasteiger partial charge on any atom is 0.222 e. The van der Waals surface area contributed by atoms with Crippen molar-refractivity contribution >= 4 is 18.1 Å².